The number of hydrogen-bond donors (Lipinski definition) is 2. The number of urea groups is 1. The number of amides is 3. The minimum atomic E-state index is -0.835. The van der Waals surface area contributed by atoms with Crippen LogP contribution in [0.3, 0.4) is 0 Å². The quantitative estimate of drug-likeness (QED) is 0.742. The second-order valence-electron chi connectivity index (χ2n) is 6.70. The maximum absolute atomic E-state index is 12.2. The molecule has 2 heterocycles. The van der Waals surface area contributed by atoms with Crippen LogP contribution in [0.2, 0.25) is 0 Å². The summed E-state index contributed by atoms with van der Waals surface area (Å²) in [7, 11) is 0. The van der Waals surface area contributed by atoms with Gasteiger partial charge in [-0.2, -0.15) is 0 Å². The zero-order valence-electron chi connectivity index (χ0n) is 13.8. The summed E-state index contributed by atoms with van der Waals surface area (Å²) in [6.07, 6.45) is 4.01. The van der Waals surface area contributed by atoms with Crippen molar-refractivity contribution in [3.05, 3.63) is 0 Å². The molecule has 0 aromatic rings. The lowest BCUT2D eigenvalue weighted by molar-refractivity contribution is -0.143. The number of likely N-dealkylation sites (tertiary alicyclic amines) is 2. The van der Waals surface area contributed by atoms with Crippen LogP contribution in [0.4, 0.5) is 4.79 Å². The number of carbonyl (C=O) groups excluding carboxylic acids is 2. The van der Waals surface area contributed by atoms with Gasteiger partial charge in [0.25, 0.3) is 0 Å². The van der Waals surface area contributed by atoms with Gasteiger partial charge in [-0.15, -0.1) is 0 Å². The number of carboxylic acids is 1. The van der Waals surface area contributed by atoms with Crippen LogP contribution in [0.5, 0.6) is 0 Å². The number of nitrogens with zero attached hydrogens (tertiary/aromatic N) is 2. The van der Waals surface area contributed by atoms with Crippen LogP contribution in [-0.2, 0) is 9.59 Å². The number of piperidine rings is 2. The summed E-state index contributed by atoms with van der Waals surface area (Å²) in [5.41, 5.74) is 0. The molecule has 2 saturated heterocycles. The Morgan fingerprint density at radius 1 is 1.30 bits per heavy atom. The van der Waals surface area contributed by atoms with Gasteiger partial charge in [0.2, 0.25) is 5.91 Å². The second-order valence-corrected chi connectivity index (χ2v) is 6.70. The molecule has 3 amide bonds. The van der Waals surface area contributed by atoms with Crippen molar-refractivity contribution in [2.24, 2.45) is 11.8 Å². The van der Waals surface area contributed by atoms with Crippen molar-refractivity contribution in [2.45, 2.75) is 39.0 Å². The van der Waals surface area contributed by atoms with Crippen molar-refractivity contribution in [1.29, 1.82) is 0 Å². The smallest absolute Gasteiger partial charge is 0.317 e. The van der Waals surface area contributed by atoms with E-state index in [1.54, 1.807) is 4.90 Å². The summed E-state index contributed by atoms with van der Waals surface area (Å²) in [4.78, 5) is 38.4. The molecule has 2 unspecified atom stereocenters. The third-order valence-corrected chi connectivity index (χ3v) is 4.60. The summed E-state index contributed by atoms with van der Waals surface area (Å²) >= 11 is 0. The van der Waals surface area contributed by atoms with E-state index in [1.807, 2.05) is 11.8 Å². The average molecular weight is 325 g/mol. The van der Waals surface area contributed by atoms with Gasteiger partial charge in [0.15, 0.2) is 0 Å². The van der Waals surface area contributed by atoms with Gasteiger partial charge in [0, 0.05) is 39.1 Å². The average Bonchev–Trinajstić information content (AvgIpc) is 2.52. The lowest BCUT2D eigenvalue weighted by atomic mass is 9.91. The third kappa shape index (κ3) is 5.11. The molecule has 2 rings (SSSR count). The van der Waals surface area contributed by atoms with Gasteiger partial charge in [0.1, 0.15) is 0 Å². The van der Waals surface area contributed by atoms with Crippen LogP contribution >= 0.6 is 0 Å². The molecule has 2 N–H and O–H groups in total. The van der Waals surface area contributed by atoms with E-state index in [4.69, 9.17) is 5.11 Å². The van der Waals surface area contributed by atoms with E-state index >= 15 is 0 Å². The molecule has 7 heteroatoms. The van der Waals surface area contributed by atoms with E-state index in [-0.39, 0.29) is 24.4 Å². The van der Waals surface area contributed by atoms with Gasteiger partial charge in [-0.3, -0.25) is 9.59 Å². The minimum Gasteiger partial charge on any atom is -0.481 e. The molecule has 7 nitrogen and oxygen atoms in total. The number of nitrogens with one attached hydrogen (secondary N) is 1. The van der Waals surface area contributed by atoms with E-state index in [0.29, 0.717) is 32.5 Å². The lowest BCUT2D eigenvalue weighted by Gasteiger charge is -2.34. The Morgan fingerprint density at radius 2 is 2.09 bits per heavy atom. The van der Waals surface area contributed by atoms with Crippen molar-refractivity contribution < 1.29 is 19.5 Å². The molecule has 0 aromatic carbocycles. The number of rotatable bonds is 5. The first-order chi connectivity index (χ1) is 11.0. The normalized spacial score (nSPS) is 25.3. The van der Waals surface area contributed by atoms with Gasteiger partial charge in [-0.1, -0.05) is 6.92 Å². The van der Waals surface area contributed by atoms with Crippen LogP contribution < -0.4 is 5.32 Å². The number of carbonyl (C=O) groups is 3. The molecule has 0 aliphatic carbocycles. The zero-order chi connectivity index (χ0) is 16.8. The Bertz CT molecular complexity index is 455. The standard InChI is InChI=1S/C16H27N3O4/c1-12-9-13(15(21)22)11-19(10-12)16(23)17-6-4-8-18-7-3-2-5-14(18)20/h12-13H,2-11H2,1H3,(H,17,23)(H,21,22). The summed E-state index contributed by atoms with van der Waals surface area (Å²) in [6.45, 7) is 4.84. The first kappa shape index (κ1) is 17.6. The molecule has 0 spiro atoms. The van der Waals surface area contributed by atoms with Gasteiger partial charge in [-0.25, -0.2) is 4.79 Å². The molecule has 2 aliphatic rings. The fourth-order valence-corrected chi connectivity index (χ4v) is 3.37. The molecular formula is C16H27N3O4. The molecule has 23 heavy (non-hydrogen) atoms. The molecule has 0 aromatic heterocycles. The van der Waals surface area contributed by atoms with Gasteiger partial charge in [0.05, 0.1) is 5.92 Å². The highest BCUT2D eigenvalue weighted by molar-refractivity contribution is 5.77. The van der Waals surface area contributed by atoms with E-state index in [9.17, 15) is 14.4 Å². The van der Waals surface area contributed by atoms with E-state index in [0.717, 1.165) is 25.8 Å². The van der Waals surface area contributed by atoms with Crippen molar-refractivity contribution in [3.63, 3.8) is 0 Å². The Hall–Kier alpha value is -1.79. The van der Waals surface area contributed by atoms with Crippen LogP contribution in [0.15, 0.2) is 0 Å². The predicted molar refractivity (Wildman–Crippen MR) is 84.9 cm³/mol. The van der Waals surface area contributed by atoms with Crippen LogP contribution in [0.1, 0.15) is 39.0 Å². The second kappa shape index (κ2) is 8.17. The number of hydrogen-bond acceptors (Lipinski definition) is 3. The highest BCUT2D eigenvalue weighted by Crippen LogP contribution is 2.21. The molecule has 0 saturated carbocycles. The Kier molecular flexibility index (Phi) is 6.24. The molecule has 0 bridgehead atoms. The topological polar surface area (TPSA) is 89.9 Å². The largest absolute Gasteiger partial charge is 0.481 e. The zero-order valence-corrected chi connectivity index (χ0v) is 13.8. The Labute approximate surface area is 137 Å². The summed E-state index contributed by atoms with van der Waals surface area (Å²) in [5, 5.41) is 12.0. The third-order valence-electron chi connectivity index (χ3n) is 4.60. The first-order valence-corrected chi connectivity index (χ1v) is 8.50. The van der Waals surface area contributed by atoms with Crippen molar-refractivity contribution in [1.82, 2.24) is 15.1 Å². The van der Waals surface area contributed by atoms with Crippen molar-refractivity contribution in [2.75, 3.05) is 32.7 Å². The van der Waals surface area contributed by atoms with Gasteiger partial charge >= 0.3 is 12.0 Å². The lowest BCUT2D eigenvalue weighted by Crippen LogP contribution is -2.49. The SMILES string of the molecule is CC1CC(C(=O)O)CN(C(=O)NCCCN2CCCCC2=O)C1. The fraction of sp³-hybridized carbons (Fsp3) is 0.812. The van der Waals surface area contributed by atoms with Crippen LogP contribution in [0, 0.1) is 11.8 Å². The molecule has 2 aliphatic heterocycles. The number of carboxylic acid groups (broad SMARTS) is 1. The molecular weight excluding hydrogens is 298 g/mol. The Balaban J connectivity index is 1.69. The molecule has 0 radical (unpaired) electrons. The monoisotopic (exact) mass is 325 g/mol. The molecule has 2 fully saturated rings. The van der Waals surface area contributed by atoms with Crippen molar-refractivity contribution in [3.8, 4) is 0 Å². The van der Waals surface area contributed by atoms with Gasteiger partial charge < -0.3 is 20.2 Å². The maximum Gasteiger partial charge on any atom is 0.317 e. The summed E-state index contributed by atoms with van der Waals surface area (Å²) < 4.78 is 0. The van der Waals surface area contributed by atoms with Gasteiger partial charge in [-0.05, 0) is 31.6 Å². The highest BCUT2D eigenvalue weighted by Gasteiger charge is 2.31. The van der Waals surface area contributed by atoms with E-state index in [1.165, 1.54) is 0 Å². The highest BCUT2D eigenvalue weighted by atomic mass is 16.4. The first-order valence-electron chi connectivity index (χ1n) is 8.50. The van der Waals surface area contributed by atoms with E-state index < -0.39 is 11.9 Å². The van der Waals surface area contributed by atoms with Crippen LogP contribution in [-0.4, -0.2) is 65.5 Å². The fourth-order valence-electron chi connectivity index (χ4n) is 3.37. The summed E-state index contributed by atoms with van der Waals surface area (Å²) in [5.74, 6) is -0.910. The predicted octanol–water partition coefficient (Wildman–Crippen LogP) is 1.14. The summed E-state index contributed by atoms with van der Waals surface area (Å²) in [6, 6.07) is -0.201. The van der Waals surface area contributed by atoms with Crippen LogP contribution in [0.25, 0.3) is 0 Å². The van der Waals surface area contributed by atoms with E-state index in [2.05, 4.69) is 5.32 Å². The number of aliphatic carboxylic acids is 1. The van der Waals surface area contributed by atoms with Crippen molar-refractivity contribution >= 4 is 17.9 Å². The molecule has 130 valence electrons. The Morgan fingerprint density at radius 3 is 2.78 bits per heavy atom. The minimum absolute atomic E-state index is 0.196. The maximum atomic E-state index is 12.2. The molecule has 2 atom stereocenters.